The maximum absolute atomic E-state index is 13.5. The van der Waals surface area contributed by atoms with Gasteiger partial charge in [-0.3, -0.25) is 4.79 Å². The summed E-state index contributed by atoms with van der Waals surface area (Å²) in [6, 6.07) is 13.4. The summed E-state index contributed by atoms with van der Waals surface area (Å²) in [6.45, 7) is 7.50. The number of amides is 2. The van der Waals surface area contributed by atoms with Crippen molar-refractivity contribution < 1.29 is 23.9 Å². The number of fused-ring (bicyclic) bond motifs is 2. The zero-order chi connectivity index (χ0) is 23.9. The van der Waals surface area contributed by atoms with E-state index in [0.717, 1.165) is 16.8 Å². The quantitative estimate of drug-likeness (QED) is 0.651. The van der Waals surface area contributed by atoms with Crippen LogP contribution in [0.4, 0.5) is 10.5 Å². The standard InChI is InChI=1S/C26H29N3O5/c1-3-33-25(32)28-14-12-27(13-15-28)19-9-8-18(2)21(16-19)23(30)29-11-10-26(17-29)22-7-5-4-6-20(22)24(31)34-26/h4-9,16H,3,10-15,17H2,1-2H3/t26-/m0/s1. The van der Waals surface area contributed by atoms with E-state index in [-0.39, 0.29) is 18.0 Å². The van der Waals surface area contributed by atoms with Gasteiger partial charge in [-0.05, 0) is 37.6 Å². The number of hydrogen-bond donors (Lipinski definition) is 0. The van der Waals surface area contributed by atoms with Crippen LogP contribution >= 0.6 is 0 Å². The number of carbonyl (C=O) groups is 3. The molecule has 8 heteroatoms. The van der Waals surface area contributed by atoms with Crippen LogP contribution in [0.15, 0.2) is 42.5 Å². The molecule has 3 aliphatic heterocycles. The second-order valence-electron chi connectivity index (χ2n) is 9.08. The van der Waals surface area contributed by atoms with Gasteiger partial charge in [0.15, 0.2) is 5.60 Å². The molecule has 2 aromatic rings. The number of benzene rings is 2. The first-order valence-corrected chi connectivity index (χ1v) is 11.8. The zero-order valence-corrected chi connectivity index (χ0v) is 19.6. The highest BCUT2D eigenvalue weighted by atomic mass is 16.6. The van der Waals surface area contributed by atoms with Gasteiger partial charge in [0.25, 0.3) is 5.91 Å². The van der Waals surface area contributed by atoms with E-state index in [2.05, 4.69) is 4.90 Å². The van der Waals surface area contributed by atoms with E-state index in [1.165, 1.54) is 0 Å². The Morgan fingerprint density at radius 3 is 2.56 bits per heavy atom. The van der Waals surface area contributed by atoms with Gasteiger partial charge < -0.3 is 24.2 Å². The van der Waals surface area contributed by atoms with Gasteiger partial charge in [0, 0.05) is 56.0 Å². The highest BCUT2D eigenvalue weighted by Gasteiger charge is 2.51. The van der Waals surface area contributed by atoms with E-state index in [4.69, 9.17) is 9.47 Å². The molecule has 1 spiro atoms. The molecular weight excluding hydrogens is 434 g/mol. The molecule has 34 heavy (non-hydrogen) atoms. The lowest BCUT2D eigenvalue weighted by Gasteiger charge is -2.35. The van der Waals surface area contributed by atoms with Gasteiger partial charge in [-0.1, -0.05) is 24.3 Å². The molecule has 0 aliphatic carbocycles. The molecule has 3 heterocycles. The van der Waals surface area contributed by atoms with E-state index in [9.17, 15) is 14.4 Å². The van der Waals surface area contributed by atoms with Crippen molar-refractivity contribution in [2.45, 2.75) is 25.9 Å². The van der Waals surface area contributed by atoms with Crippen molar-refractivity contribution in [3.8, 4) is 0 Å². The predicted molar refractivity (Wildman–Crippen MR) is 126 cm³/mol. The minimum absolute atomic E-state index is 0.0539. The number of piperazine rings is 1. The summed E-state index contributed by atoms with van der Waals surface area (Å²) in [5.41, 5.74) is 3.24. The number of rotatable bonds is 3. The van der Waals surface area contributed by atoms with E-state index in [0.29, 0.717) is 63.4 Å². The largest absolute Gasteiger partial charge is 0.450 e. The van der Waals surface area contributed by atoms with Crippen LogP contribution in [0.2, 0.25) is 0 Å². The predicted octanol–water partition coefficient (Wildman–Crippen LogP) is 3.19. The van der Waals surface area contributed by atoms with Crippen molar-refractivity contribution in [2.75, 3.05) is 50.8 Å². The fourth-order valence-corrected chi connectivity index (χ4v) is 5.17. The van der Waals surface area contributed by atoms with E-state index < -0.39 is 5.60 Å². The molecule has 0 unspecified atom stereocenters. The third kappa shape index (κ3) is 3.77. The summed E-state index contributed by atoms with van der Waals surface area (Å²) in [5, 5.41) is 0. The third-order valence-corrected chi connectivity index (χ3v) is 7.07. The molecule has 0 saturated carbocycles. The Morgan fingerprint density at radius 1 is 1.03 bits per heavy atom. The van der Waals surface area contributed by atoms with Crippen LogP contribution in [0.5, 0.6) is 0 Å². The molecular formula is C26H29N3O5. The van der Waals surface area contributed by atoms with E-state index in [1.807, 2.05) is 43.3 Å². The van der Waals surface area contributed by atoms with Gasteiger partial charge in [0.05, 0.1) is 18.7 Å². The lowest BCUT2D eigenvalue weighted by Crippen LogP contribution is -2.49. The molecule has 8 nitrogen and oxygen atoms in total. The molecule has 0 radical (unpaired) electrons. The van der Waals surface area contributed by atoms with Crippen molar-refractivity contribution >= 4 is 23.7 Å². The van der Waals surface area contributed by atoms with Crippen LogP contribution in [-0.4, -0.2) is 73.6 Å². The topological polar surface area (TPSA) is 79.4 Å². The second kappa shape index (κ2) is 8.66. The first kappa shape index (κ1) is 22.3. The van der Waals surface area contributed by atoms with E-state index in [1.54, 1.807) is 22.8 Å². The van der Waals surface area contributed by atoms with Gasteiger partial charge in [0.2, 0.25) is 0 Å². The first-order valence-electron chi connectivity index (χ1n) is 11.8. The Morgan fingerprint density at radius 2 is 1.79 bits per heavy atom. The fourth-order valence-electron chi connectivity index (χ4n) is 5.17. The highest BCUT2D eigenvalue weighted by molar-refractivity contribution is 5.98. The molecule has 5 rings (SSSR count). The Bertz CT molecular complexity index is 1140. The zero-order valence-electron chi connectivity index (χ0n) is 19.6. The monoisotopic (exact) mass is 463 g/mol. The third-order valence-electron chi connectivity index (χ3n) is 7.07. The van der Waals surface area contributed by atoms with Gasteiger partial charge >= 0.3 is 12.1 Å². The summed E-state index contributed by atoms with van der Waals surface area (Å²) in [6.07, 6.45) is 0.315. The summed E-state index contributed by atoms with van der Waals surface area (Å²) in [4.78, 5) is 43.6. The van der Waals surface area contributed by atoms with Crippen LogP contribution in [0.3, 0.4) is 0 Å². The van der Waals surface area contributed by atoms with Gasteiger partial charge in [-0.25, -0.2) is 9.59 Å². The van der Waals surface area contributed by atoms with Crippen LogP contribution < -0.4 is 4.90 Å². The Kier molecular flexibility index (Phi) is 5.67. The summed E-state index contributed by atoms with van der Waals surface area (Å²) in [7, 11) is 0. The van der Waals surface area contributed by atoms with Crippen molar-refractivity contribution in [3.63, 3.8) is 0 Å². The molecule has 1 atom stereocenters. The SMILES string of the molecule is CCOC(=O)N1CCN(c2ccc(C)c(C(=O)N3CC[C@@]4(C3)OC(=O)c3ccccc34)c2)CC1. The average molecular weight is 464 g/mol. The molecule has 2 saturated heterocycles. The average Bonchev–Trinajstić information content (AvgIpc) is 3.40. The number of ether oxygens (including phenoxy) is 2. The minimum atomic E-state index is -0.752. The van der Waals surface area contributed by atoms with Crippen molar-refractivity contribution in [3.05, 3.63) is 64.7 Å². The Balaban J connectivity index is 1.31. The number of esters is 1. The minimum Gasteiger partial charge on any atom is -0.450 e. The molecule has 178 valence electrons. The molecule has 2 aromatic carbocycles. The fraction of sp³-hybridized carbons (Fsp3) is 0.423. The van der Waals surface area contributed by atoms with Crippen LogP contribution in [0, 0.1) is 6.92 Å². The smallest absolute Gasteiger partial charge is 0.409 e. The van der Waals surface area contributed by atoms with Gasteiger partial charge in [0.1, 0.15) is 0 Å². The lowest BCUT2D eigenvalue weighted by atomic mass is 9.91. The summed E-state index contributed by atoms with van der Waals surface area (Å²) in [5.74, 6) is -0.369. The first-order chi connectivity index (χ1) is 16.4. The van der Waals surface area contributed by atoms with Gasteiger partial charge in [-0.15, -0.1) is 0 Å². The maximum atomic E-state index is 13.5. The normalized spacial score (nSPS) is 21.6. The molecule has 2 fully saturated rings. The van der Waals surface area contributed by atoms with Gasteiger partial charge in [-0.2, -0.15) is 0 Å². The van der Waals surface area contributed by atoms with Crippen molar-refractivity contribution in [1.29, 1.82) is 0 Å². The number of hydrogen-bond acceptors (Lipinski definition) is 6. The molecule has 0 N–H and O–H groups in total. The summed E-state index contributed by atoms with van der Waals surface area (Å²) < 4.78 is 10.9. The van der Waals surface area contributed by atoms with Crippen molar-refractivity contribution in [1.82, 2.24) is 9.80 Å². The molecule has 0 aromatic heterocycles. The molecule has 3 aliphatic rings. The van der Waals surface area contributed by atoms with Crippen LogP contribution in [0.1, 0.15) is 45.2 Å². The van der Waals surface area contributed by atoms with Crippen LogP contribution in [0.25, 0.3) is 0 Å². The number of nitrogens with zero attached hydrogens (tertiary/aromatic N) is 3. The Hall–Kier alpha value is -3.55. The highest BCUT2D eigenvalue weighted by Crippen LogP contribution is 2.43. The number of likely N-dealkylation sites (tertiary alicyclic amines) is 1. The summed E-state index contributed by atoms with van der Waals surface area (Å²) >= 11 is 0. The number of carbonyl (C=O) groups excluding carboxylic acids is 3. The van der Waals surface area contributed by atoms with Crippen molar-refractivity contribution in [2.24, 2.45) is 0 Å². The maximum Gasteiger partial charge on any atom is 0.409 e. The van der Waals surface area contributed by atoms with Crippen LogP contribution in [-0.2, 0) is 15.1 Å². The number of anilines is 1. The number of aryl methyl sites for hydroxylation is 1. The lowest BCUT2D eigenvalue weighted by molar-refractivity contribution is -0.00307. The molecule has 2 amide bonds. The molecule has 0 bridgehead atoms. The second-order valence-corrected chi connectivity index (χ2v) is 9.08. The van der Waals surface area contributed by atoms with E-state index >= 15 is 0 Å². The Labute approximate surface area is 199 Å².